The van der Waals surface area contributed by atoms with Crippen LogP contribution in [0.15, 0.2) is 18.2 Å². The van der Waals surface area contributed by atoms with Gasteiger partial charge >= 0.3 is 0 Å². The first-order valence-corrected chi connectivity index (χ1v) is 10.8. The van der Waals surface area contributed by atoms with E-state index in [1.165, 1.54) is 0 Å². The van der Waals surface area contributed by atoms with Gasteiger partial charge in [-0.2, -0.15) is 0 Å². The zero-order chi connectivity index (χ0) is 20.5. The molecular weight excluding hydrogens is 368 g/mol. The lowest BCUT2D eigenvalue weighted by atomic mass is 10.2. The van der Waals surface area contributed by atoms with Crippen molar-refractivity contribution >= 4 is 21.6 Å². The Labute approximate surface area is 162 Å². The van der Waals surface area contributed by atoms with Crippen LogP contribution in [-0.4, -0.2) is 38.8 Å². The van der Waals surface area contributed by atoms with Gasteiger partial charge in [-0.25, -0.2) is 13.1 Å². The van der Waals surface area contributed by atoms with Crippen molar-refractivity contribution in [3.8, 4) is 11.5 Å². The summed E-state index contributed by atoms with van der Waals surface area (Å²) in [5.74, 6) is 1.11. The molecule has 0 heterocycles. The first-order valence-electron chi connectivity index (χ1n) is 9.29. The summed E-state index contributed by atoms with van der Waals surface area (Å²) in [6.07, 6.45) is 1.50. The van der Waals surface area contributed by atoms with Gasteiger partial charge in [0.2, 0.25) is 15.9 Å². The summed E-state index contributed by atoms with van der Waals surface area (Å²) >= 11 is 0. The number of ether oxygens (including phenoxy) is 2. The van der Waals surface area contributed by atoms with Crippen LogP contribution in [0.4, 0.5) is 5.69 Å². The molecule has 0 saturated heterocycles. The standard InChI is InChI=1S/C19H32N2O5S/c1-6-25-16-12-11-15(14-17(16)26-7-2)21-18(22)10-8-9-13-20-27(23,24)19(3,4)5/h11-12,14,20H,6-10,13H2,1-5H3,(H,21,22). The summed E-state index contributed by atoms with van der Waals surface area (Å²) in [5, 5.41) is 2.83. The third-order valence-electron chi connectivity index (χ3n) is 3.76. The maximum atomic E-state index is 12.1. The molecule has 0 bridgehead atoms. The molecule has 8 heteroatoms. The Hall–Kier alpha value is -1.80. The average molecular weight is 401 g/mol. The van der Waals surface area contributed by atoms with Crippen LogP contribution in [0, 0.1) is 0 Å². The molecule has 1 rings (SSSR count). The number of carbonyl (C=O) groups excluding carboxylic acids is 1. The maximum absolute atomic E-state index is 12.1. The van der Waals surface area contributed by atoms with E-state index in [0.29, 0.717) is 56.2 Å². The molecule has 0 aliphatic rings. The summed E-state index contributed by atoms with van der Waals surface area (Å²) in [6, 6.07) is 5.28. The molecule has 0 fully saturated rings. The molecule has 0 aliphatic heterocycles. The molecule has 1 aromatic rings. The van der Waals surface area contributed by atoms with Gasteiger partial charge < -0.3 is 14.8 Å². The third-order valence-corrected chi connectivity index (χ3v) is 5.95. The molecule has 0 atom stereocenters. The lowest BCUT2D eigenvalue weighted by molar-refractivity contribution is -0.116. The topological polar surface area (TPSA) is 93.7 Å². The molecule has 154 valence electrons. The van der Waals surface area contributed by atoms with E-state index in [4.69, 9.17) is 9.47 Å². The second-order valence-corrected chi connectivity index (χ2v) is 9.56. The highest BCUT2D eigenvalue weighted by Crippen LogP contribution is 2.30. The van der Waals surface area contributed by atoms with Crippen LogP contribution < -0.4 is 19.5 Å². The maximum Gasteiger partial charge on any atom is 0.224 e. The van der Waals surface area contributed by atoms with Crippen molar-refractivity contribution in [2.75, 3.05) is 25.1 Å². The Balaban J connectivity index is 2.45. The van der Waals surface area contributed by atoms with Gasteiger partial charge in [-0.15, -0.1) is 0 Å². The fourth-order valence-corrected chi connectivity index (χ4v) is 3.03. The van der Waals surface area contributed by atoms with E-state index in [-0.39, 0.29) is 5.91 Å². The van der Waals surface area contributed by atoms with Gasteiger partial charge in [0.1, 0.15) is 0 Å². The normalized spacial score (nSPS) is 11.9. The summed E-state index contributed by atoms with van der Waals surface area (Å²) in [4.78, 5) is 12.1. The zero-order valence-electron chi connectivity index (χ0n) is 16.9. The Kier molecular flexibility index (Phi) is 9.05. The summed E-state index contributed by atoms with van der Waals surface area (Å²) in [5.41, 5.74) is 0.639. The van der Waals surface area contributed by atoms with Crippen LogP contribution in [0.25, 0.3) is 0 Å². The van der Waals surface area contributed by atoms with Crippen molar-refractivity contribution in [2.45, 2.75) is 58.6 Å². The third kappa shape index (κ3) is 7.76. The van der Waals surface area contributed by atoms with E-state index >= 15 is 0 Å². The number of nitrogens with one attached hydrogen (secondary N) is 2. The Morgan fingerprint density at radius 2 is 1.67 bits per heavy atom. The lowest BCUT2D eigenvalue weighted by Crippen LogP contribution is -2.39. The van der Waals surface area contributed by atoms with Gasteiger partial charge in [-0.05, 0) is 59.6 Å². The van der Waals surface area contributed by atoms with E-state index < -0.39 is 14.8 Å². The second-order valence-electron chi connectivity index (χ2n) is 7.04. The number of sulfonamides is 1. The summed E-state index contributed by atoms with van der Waals surface area (Å²) in [6.45, 7) is 10.1. The number of benzene rings is 1. The number of carbonyl (C=O) groups is 1. The summed E-state index contributed by atoms with van der Waals surface area (Å²) < 4.78 is 36.7. The molecule has 0 unspecified atom stereocenters. The Morgan fingerprint density at radius 3 is 2.26 bits per heavy atom. The number of anilines is 1. The highest BCUT2D eigenvalue weighted by Gasteiger charge is 2.27. The number of unbranched alkanes of at least 4 members (excludes halogenated alkanes) is 1. The highest BCUT2D eigenvalue weighted by atomic mass is 32.2. The second kappa shape index (κ2) is 10.5. The van der Waals surface area contributed by atoms with Crippen LogP contribution in [0.3, 0.4) is 0 Å². The first kappa shape index (κ1) is 23.2. The molecule has 0 spiro atoms. The number of rotatable bonds is 11. The number of hydrogen-bond donors (Lipinski definition) is 2. The van der Waals surface area contributed by atoms with E-state index in [1.807, 2.05) is 13.8 Å². The van der Waals surface area contributed by atoms with Gasteiger partial charge in [-0.3, -0.25) is 4.79 Å². The molecule has 0 aliphatic carbocycles. The van der Waals surface area contributed by atoms with Crippen molar-refractivity contribution in [1.82, 2.24) is 4.72 Å². The summed E-state index contributed by atoms with van der Waals surface area (Å²) in [7, 11) is -3.34. The van der Waals surface area contributed by atoms with Gasteiger partial charge in [-0.1, -0.05) is 0 Å². The minimum atomic E-state index is -3.34. The Morgan fingerprint density at radius 1 is 1.04 bits per heavy atom. The molecule has 7 nitrogen and oxygen atoms in total. The van der Waals surface area contributed by atoms with E-state index in [1.54, 1.807) is 39.0 Å². The molecule has 0 aromatic heterocycles. The monoisotopic (exact) mass is 400 g/mol. The molecular formula is C19H32N2O5S. The highest BCUT2D eigenvalue weighted by molar-refractivity contribution is 7.90. The zero-order valence-corrected chi connectivity index (χ0v) is 17.7. The van der Waals surface area contributed by atoms with E-state index in [2.05, 4.69) is 10.0 Å². The van der Waals surface area contributed by atoms with Gasteiger partial charge in [0.25, 0.3) is 0 Å². The largest absolute Gasteiger partial charge is 0.490 e. The first-order chi connectivity index (χ1) is 12.6. The van der Waals surface area contributed by atoms with Crippen molar-refractivity contribution in [1.29, 1.82) is 0 Å². The average Bonchev–Trinajstić information content (AvgIpc) is 2.56. The predicted molar refractivity (Wildman–Crippen MR) is 108 cm³/mol. The minimum Gasteiger partial charge on any atom is -0.490 e. The Bertz CT molecular complexity index is 711. The molecule has 1 amide bonds. The SMILES string of the molecule is CCOc1ccc(NC(=O)CCCCNS(=O)(=O)C(C)(C)C)cc1OCC. The fraction of sp³-hybridized carbons (Fsp3) is 0.632. The molecule has 0 radical (unpaired) electrons. The molecule has 2 N–H and O–H groups in total. The van der Waals surface area contributed by atoms with E-state index in [0.717, 1.165) is 0 Å². The van der Waals surface area contributed by atoms with Crippen molar-refractivity contribution in [2.24, 2.45) is 0 Å². The van der Waals surface area contributed by atoms with Gasteiger partial charge in [0, 0.05) is 24.7 Å². The lowest BCUT2D eigenvalue weighted by Gasteiger charge is -2.19. The van der Waals surface area contributed by atoms with Crippen molar-refractivity contribution in [3.63, 3.8) is 0 Å². The van der Waals surface area contributed by atoms with Gasteiger partial charge in [0.15, 0.2) is 11.5 Å². The quantitative estimate of drug-likeness (QED) is 0.556. The van der Waals surface area contributed by atoms with E-state index in [9.17, 15) is 13.2 Å². The van der Waals surface area contributed by atoms with Crippen molar-refractivity contribution in [3.05, 3.63) is 18.2 Å². The molecule has 27 heavy (non-hydrogen) atoms. The van der Waals surface area contributed by atoms with Crippen LogP contribution >= 0.6 is 0 Å². The molecule has 0 saturated carbocycles. The number of amides is 1. The van der Waals surface area contributed by atoms with Gasteiger partial charge in [0.05, 0.1) is 18.0 Å². The minimum absolute atomic E-state index is 0.125. The smallest absolute Gasteiger partial charge is 0.224 e. The van der Waals surface area contributed by atoms with Crippen molar-refractivity contribution < 1.29 is 22.7 Å². The molecule has 1 aromatic carbocycles. The fourth-order valence-electron chi connectivity index (χ4n) is 2.19. The van der Waals surface area contributed by atoms with Crippen LogP contribution in [0.1, 0.15) is 53.9 Å². The van der Waals surface area contributed by atoms with Crippen LogP contribution in [0.5, 0.6) is 11.5 Å². The van der Waals surface area contributed by atoms with Crippen LogP contribution in [-0.2, 0) is 14.8 Å². The predicted octanol–water partition coefficient (Wildman–Crippen LogP) is 3.31. The van der Waals surface area contributed by atoms with Crippen LogP contribution in [0.2, 0.25) is 0 Å². The number of hydrogen-bond acceptors (Lipinski definition) is 5.